The van der Waals surface area contributed by atoms with Crippen molar-refractivity contribution in [2.75, 3.05) is 27.3 Å². The zero-order chi connectivity index (χ0) is 22.1. The molecule has 1 amide bonds. The van der Waals surface area contributed by atoms with Crippen LogP contribution in [0.15, 0.2) is 53.4 Å². The molecule has 1 heterocycles. The number of amides is 1. The van der Waals surface area contributed by atoms with Gasteiger partial charge in [-0.1, -0.05) is 24.3 Å². The molecule has 0 aliphatic carbocycles. The van der Waals surface area contributed by atoms with E-state index in [4.69, 9.17) is 4.74 Å². The zero-order valence-corrected chi connectivity index (χ0v) is 17.2. The molecule has 30 heavy (non-hydrogen) atoms. The van der Waals surface area contributed by atoms with Crippen LogP contribution in [0.1, 0.15) is 21.5 Å². The number of halogens is 3. The maximum absolute atomic E-state index is 13.4. The normalized spacial score (nSPS) is 15.1. The van der Waals surface area contributed by atoms with Crippen molar-refractivity contribution in [2.45, 2.75) is 23.7 Å². The van der Waals surface area contributed by atoms with Gasteiger partial charge >= 0.3 is 6.18 Å². The molecule has 1 aliphatic rings. The Labute approximate surface area is 172 Å². The number of hydrogen-bond acceptors (Lipinski definition) is 4. The minimum Gasteiger partial charge on any atom is -0.377 e. The van der Waals surface area contributed by atoms with E-state index in [1.165, 1.54) is 61.5 Å². The van der Waals surface area contributed by atoms with E-state index in [-0.39, 0.29) is 35.8 Å². The van der Waals surface area contributed by atoms with Gasteiger partial charge in [-0.2, -0.15) is 13.2 Å². The predicted molar refractivity (Wildman–Crippen MR) is 103 cm³/mol. The molecule has 0 aromatic heterocycles. The molecule has 0 spiro atoms. The summed E-state index contributed by atoms with van der Waals surface area (Å²) in [6.07, 6.45) is -4.55. The van der Waals surface area contributed by atoms with Gasteiger partial charge in [0.2, 0.25) is 10.0 Å². The van der Waals surface area contributed by atoms with E-state index in [9.17, 15) is 26.4 Å². The van der Waals surface area contributed by atoms with Crippen LogP contribution < -0.4 is 0 Å². The lowest BCUT2D eigenvalue weighted by molar-refractivity contribution is -0.138. The van der Waals surface area contributed by atoms with Gasteiger partial charge in [0.1, 0.15) is 0 Å². The molecule has 0 unspecified atom stereocenters. The fourth-order valence-corrected chi connectivity index (χ4v) is 4.00. The standard InChI is InChI=1S/C20H21F3N2O4S/c1-24(2)30(27,28)17-8-5-7-14(10-17)19(26)25(16-12-29-13-16)11-15-6-3-4-9-18(15)20(21,22)23/h3-10,16H,11-13H2,1-2H3. The summed E-state index contributed by atoms with van der Waals surface area (Å²) in [7, 11) is -1.02. The van der Waals surface area contributed by atoms with Gasteiger partial charge in [0.25, 0.3) is 5.91 Å². The van der Waals surface area contributed by atoms with E-state index in [1.807, 2.05) is 0 Å². The van der Waals surface area contributed by atoms with Crippen LogP contribution in [-0.4, -0.2) is 56.9 Å². The minimum absolute atomic E-state index is 0.0395. The Morgan fingerprint density at radius 1 is 1.10 bits per heavy atom. The molecule has 0 saturated carbocycles. The zero-order valence-electron chi connectivity index (χ0n) is 16.4. The molecular weight excluding hydrogens is 421 g/mol. The summed E-state index contributed by atoms with van der Waals surface area (Å²) in [5, 5.41) is 0. The van der Waals surface area contributed by atoms with E-state index in [0.29, 0.717) is 0 Å². The lowest BCUT2D eigenvalue weighted by atomic mass is 10.0. The fraction of sp³-hybridized carbons (Fsp3) is 0.350. The third kappa shape index (κ3) is 4.50. The van der Waals surface area contributed by atoms with E-state index >= 15 is 0 Å². The Balaban J connectivity index is 1.96. The van der Waals surface area contributed by atoms with Gasteiger partial charge in [-0.15, -0.1) is 0 Å². The monoisotopic (exact) mass is 442 g/mol. The van der Waals surface area contributed by atoms with Crippen LogP contribution in [0.3, 0.4) is 0 Å². The largest absolute Gasteiger partial charge is 0.416 e. The first-order chi connectivity index (χ1) is 14.0. The van der Waals surface area contributed by atoms with Crippen LogP contribution in [0.4, 0.5) is 13.2 Å². The molecule has 1 saturated heterocycles. The van der Waals surface area contributed by atoms with Crippen LogP contribution in [0.5, 0.6) is 0 Å². The lowest BCUT2D eigenvalue weighted by Crippen LogP contribution is -2.51. The van der Waals surface area contributed by atoms with Crippen molar-refractivity contribution in [1.82, 2.24) is 9.21 Å². The maximum atomic E-state index is 13.4. The quantitative estimate of drug-likeness (QED) is 0.690. The molecule has 0 radical (unpaired) electrons. The summed E-state index contributed by atoms with van der Waals surface area (Å²) >= 11 is 0. The summed E-state index contributed by atoms with van der Waals surface area (Å²) in [6, 6.07) is 10.2. The molecule has 3 rings (SSSR count). The Kier molecular flexibility index (Phi) is 6.21. The second-order valence-corrected chi connectivity index (χ2v) is 9.25. The first-order valence-electron chi connectivity index (χ1n) is 9.08. The van der Waals surface area contributed by atoms with E-state index < -0.39 is 33.7 Å². The molecule has 1 aliphatic heterocycles. The summed E-state index contributed by atoms with van der Waals surface area (Å²) < 4.78 is 71.0. The number of carbonyl (C=O) groups is 1. The van der Waals surface area contributed by atoms with Gasteiger partial charge in [0.15, 0.2) is 0 Å². The van der Waals surface area contributed by atoms with Crippen molar-refractivity contribution >= 4 is 15.9 Å². The number of hydrogen-bond donors (Lipinski definition) is 0. The highest BCUT2D eigenvalue weighted by molar-refractivity contribution is 7.89. The summed E-state index contributed by atoms with van der Waals surface area (Å²) in [5.41, 5.74) is -0.774. The van der Waals surface area contributed by atoms with Gasteiger partial charge in [-0.05, 0) is 29.8 Å². The summed E-state index contributed by atoms with van der Waals surface area (Å²) in [4.78, 5) is 14.4. The predicted octanol–water partition coefficient (Wildman–Crippen LogP) is 3.00. The number of nitrogens with zero attached hydrogens (tertiary/aromatic N) is 2. The van der Waals surface area contributed by atoms with Crippen molar-refractivity contribution < 1.29 is 31.1 Å². The Morgan fingerprint density at radius 2 is 1.77 bits per heavy atom. The van der Waals surface area contributed by atoms with Gasteiger partial charge in [-0.25, -0.2) is 12.7 Å². The highest BCUT2D eigenvalue weighted by Gasteiger charge is 2.36. The van der Waals surface area contributed by atoms with Crippen molar-refractivity contribution in [3.63, 3.8) is 0 Å². The third-order valence-corrected chi connectivity index (χ3v) is 6.66. The summed E-state index contributed by atoms with van der Waals surface area (Å²) in [5.74, 6) is -0.559. The second kappa shape index (κ2) is 8.37. The molecular formula is C20H21F3N2O4S. The van der Waals surface area contributed by atoms with Crippen LogP contribution in [0.2, 0.25) is 0 Å². The topological polar surface area (TPSA) is 66.9 Å². The number of sulfonamides is 1. The Bertz CT molecular complexity index is 1030. The Morgan fingerprint density at radius 3 is 2.33 bits per heavy atom. The molecule has 10 heteroatoms. The van der Waals surface area contributed by atoms with Gasteiger partial charge in [0, 0.05) is 26.2 Å². The highest BCUT2D eigenvalue weighted by atomic mass is 32.2. The van der Waals surface area contributed by atoms with E-state index in [2.05, 4.69) is 0 Å². The minimum atomic E-state index is -4.55. The maximum Gasteiger partial charge on any atom is 0.416 e. The SMILES string of the molecule is CN(C)S(=O)(=O)c1cccc(C(=O)N(Cc2ccccc2C(F)(F)F)C2COC2)c1. The molecule has 6 nitrogen and oxygen atoms in total. The smallest absolute Gasteiger partial charge is 0.377 e. The average molecular weight is 442 g/mol. The molecule has 162 valence electrons. The van der Waals surface area contributed by atoms with Crippen LogP contribution in [0, 0.1) is 0 Å². The van der Waals surface area contributed by atoms with E-state index in [1.54, 1.807) is 0 Å². The van der Waals surface area contributed by atoms with Crippen molar-refractivity contribution in [3.8, 4) is 0 Å². The van der Waals surface area contributed by atoms with Crippen molar-refractivity contribution in [2.24, 2.45) is 0 Å². The average Bonchev–Trinajstić information content (AvgIpc) is 2.65. The highest BCUT2D eigenvalue weighted by Crippen LogP contribution is 2.33. The number of alkyl halides is 3. The van der Waals surface area contributed by atoms with Gasteiger partial charge in [0.05, 0.1) is 29.7 Å². The number of carbonyl (C=O) groups excluding carboxylic acids is 1. The lowest BCUT2D eigenvalue weighted by Gasteiger charge is -2.38. The fourth-order valence-electron chi connectivity index (χ4n) is 3.05. The van der Waals surface area contributed by atoms with Crippen LogP contribution in [-0.2, 0) is 27.5 Å². The third-order valence-electron chi connectivity index (χ3n) is 4.85. The van der Waals surface area contributed by atoms with Gasteiger partial charge in [-0.3, -0.25) is 4.79 Å². The van der Waals surface area contributed by atoms with Crippen molar-refractivity contribution in [1.29, 1.82) is 0 Å². The number of ether oxygens (including phenoxy) is 1. The molecule has 0 atom stereocenters. The van der Waals surface area contributed by atoms with Gasteiger partial charge < -0.3 is 9.64 Å². The number of benzene rings is 2. The first kappa shape index (κ1) is 22.3. The van der Waals surface area contributed by atoms with Crippen LogP contribution in [0.25, 0.3) is 0 Å². The van der Waals surface area contributed by atoms with Crippen LogP contribution >= 0.6 is 0 Å². The molecule has 1 fully saturated rings. The Hall–Kier alpha value is -2.43. The van der Waals surface area contributed by atoms with Crippen molar-refractivity contribution in [3.05, 3.63) is 65.2 Å². The number of rotatable bonds is 6. The second-order valence-electron chi connectivity index (χ2n) is 7.09. The van der Waals surface area contributed by atoms with E-state index in [0.717, 1.165) is 10.4 Å². The molecule has 2 aromatic rings. The first-order valence-corrected chi connectivity index (χ1v) is 10.5. The molecule has 0 bridgehead atoms. The molecule has 2 aromatic carbocycles. The molecule has 0 N–H and O–H groups in total. The summed E-state index contributed by atoms with van der Waals surface area (Å²) in [6.45, 7) is 0.137.